The van der Waals surface area contributed by atoms with Crippen LogP contribution in [0.1, 0.15) is 175 Å². The van der Waals surface area contributed by atoms with Gasteiger partial charge in [-0.2, -0.15) is 0 Å². The summed E-state index contributed by atoms with van der Waals surface area (Å²) in [4.78, 5) is 34.9. The lowest BCUT2D eigenvalue weighted by Gasteiger charge is -2.20. The highest BCUT2D eigenvalue weighted by Crippen LogP contribution is 2.43. The van der Waals surface area contributed by atoms with Gasteiger partial charge in [-0.15, -0.1) is 0 Å². The van der Waals surface area contributed by atoms with E-state index in [9.17, 15) is 24.2 Å². The van der Waals surface area contributed by atoms with E-state index in [1.165, 1.54) is 70.6 Å². The van der Waals surface area contributed by atoms with Crippen molar-refractivity contribution in [3.8, 4) is 0 Å². The second-order valence-corrected chi connectivity index (χ2v) is 16.3. The molecular formula is C40H75O11P. The molecule has 1 heterocycles. The van der Waals surface area contributed by atoms with Gasteiger partial charge in [0.2, 0.25) is 0 Å². The lowest BCUT2D eigenvalue weighted by atomic mass is 10.0. The molecular weight excluding hydrogens is 687 g/mol. The number of esters is 2. The van der Waals surface area contributed by atoms with E-state index in [0.717, 1.165) is 63.7 Å². The minimum absolute atomic E-state index is 0.181. The van der Waals surface area contributed by atoms with E-state index >= 15 is 0 Å². The van der Waals surface area contributed by atoms with Gasteiger partial charge < -0.3 is 29.3 Å². The molecule has 0 spiro atoms. The SMILES string of the molecule is CCCCCC1OC1C/C=C\CCCCCCCC(=O)OC[C@H](COP(=O)(O)OC[C@@H](O)CO)OC(=O)CCCCCCCCCCCCC(C)C. The number of allylic oxidation sites excluding steroid dienone is 1. The summed E-state index contributed by atoms with van der Waals surface area (Å²) < 4.78 is 38.4. The molecule has 1 saturated heterocycles. The summed E-state index contributed by atoms with van der Waals surface area (Å²) in [5.74, 6) is -0.159. The maximum Gasteiger partial charge on any atom is 0.472 e. The van der Waals surface area contributed by atoms with Crippen LogP contribution in [0, 0.1) is 5.92 Å². The summed E-state index contributed by atoms with van der Waals surface area (Å²) in [6, 6.07) is 0. The maximum atomic E-state index is 12.6. The van der Waals surface area contributed by atoms with Crippen molar-refractivity contribution < 1.29 is 52.5 Å². The van der Waals surface area contributed by atoms with Crippen LogP contribution in [0.25, 0.3) is 0 Å². The average molecular weight is 763 g/mol. The maximum absolute atomic E-state index is 12.6. The molecule has 1 aliphatic heterocycles. The first kappa shape index (κ1) is 48.7. The zero-order chi connectivity index (χ0) is 38.3. The summed E-state index contributed by atoms with van der Waals surface area (Å²) in [6.45, 7) is 4.63. The molecule has 1 rings (SSSR count). The molecule has 0 bridgehead atoms. The molecule has 0 amide bonds. The van der Waals surface area contributed by atoms with Gasteiger partial charge in [-0.3, -0.25) is 18.6 Å². The quantitative estimate of drug-likeness (QED) is 0.0182. The molecule has 11 nitrogen and oxygen atoms in total. The highest BCUT2D eigenvalue weighted by atomic mass is 31.2. The van der Waals surface area contributed by atoms with Crippen molar-refractivity contribution in [2.75, 3.05) is 26.4 Å². The standard InChI is InChI=1S/C40H75O11P/c1-4-5-20-26-37-38(51-37)27-22-17-13-10-11-14-18-23-28-39(43)47-32-36(33-49-52(45,46)48-31-35(42)30-41)50-40(44)29-24-19-15-9-7-6-8-12-16-21-25-34(2)3/h17,22,34-38,41-42H,4-16,18-21,23-33H2,1-3H3,(H,45,46)/b22-17-/t35-,36+,37?,38?/m0/s1. The molecule has 0 aromatic heterocycles. The molecule has 0 saturated carbocycles. The van der Waals surface area contributed by atoms with E-state index in [1.807, 2.05) is 0 Å². The summed E-state index contributed by atoms with van der Waals surface area (Å²) in [5, 5.41) is 18.3. The molecule has 1 aliphatic rings. The van der Waals surface area contributed by atoms with Gasteiger partial charge in [0.1, 0.15) is 12.7 Å². The highest BCUT2D eigenvalue weighted by molar-refractivity contribution is 7.47. The van der Waals surface area contributed by atoms with Crippen molar-refractivity contribution in [3.63, 3.8) is 0 Å². The van der Waals surface area contributed by atoms with Gasteiger partial charge in [0.15, 0.2) is 6.10 Å². The largest absolute Gasteiger partial charge is 0.472 e. The van der Waals surface area contributed by atoms with E-state index in [-0.39, 0.29) is 19.4 Å². The summed E-state index contributed by atoms with van der Waals surface area (Å²) in [5.41, 5.74) is 0. The highest BCUT2D eigenvalue weighted by Gasteiger charge is 2.36. The minimum atomic E-state index is -4.62. The van der Waals surface area contributed by atoms with Crippen molar-refractivity contribution in [3.05, 3.63) is 12.2 Å². The zero-order valence-corrected chi connectivity index (χ0v) is 33.8. The van der Waals surface area contributed by atoms with Crippen molar-refractivity contribution >= 4 is 19.8 Å². The minimum Gasteiger partial charge on any atom is -0.462 e. The predicted molar refractivity (Wildman–Crippen MR) is 205 cm³/mol. The van der Waals surface area contributed by atoms with Crippen LogP contribution in [0.3, 0.4) is 0 Å². The van der Waals surface area contributed by atoms with Gasteiger partial charge in [0.05, 0.1) is 32.0 Å². The topological polar surface area (TPSA) is 161 Å². The lowest BCUT2D eigenvalue weighted by molar-refractivity contribution is -0.161. The van der Waals surface area contributed by atoms with E-state index in [4.69, 9.17) is 23.8 Å². The number of phosphoric ester groups is 1. The van der Waals surface area contributed by atoms with Crippen LogP contribution < -0.4 is 0 Å². The molecule has 12 heteroatoms. The van der Waals surface area contributed by atoms with Crippen LogP contribution in [-0.2, 0) is 37.4 Å². The Labute approximate surface area is 315 Å². The van der Waals surface area contributed by atoms with E-state index in [0.29, 0.717) is 25.0 Å². The lowest BCUT2D eigenvalue weighted by Crippen LogP contribution is -2.29. The Balaban J connectivity index is 2.26. The van der Waals surface area contributed by atoms with Gasteiger partial charge in [-0.1, -0.05) is 136 Å². The Morgan fingerprint density at radius 3 is 1.92 bits per heavy atom. The Morgan fingerprint density at radius 2 is 1.31 bits per heavy atom. The van der Waals surface area contributed by atoms with E-state index in [1.54, 1.807) is 0 Å². The number of aliphatic hydroxyl groups excluding tert-OH is 2. The van der Waals surface area contributed by atoms with Gasteiger partial charge in [0.25, 0.3) is 0 Å². The third-order valence-electron chi connectivity index (χ3n) is 9.27. The fourth-order valence-electron chi connectivity index (χ4n) is 5.95. The monoisotopic (exact) mass is 763 g/mol. The number of aliphatic hydroxyl groups is 2. The molecule has 306 valence electrons. The third-order valence-corrected chi connectivity index (χ3v) is 10.2. The van der Waals surface area contributed by atoms with Crippen molar-refractivity contribution in [2.45, 2.75) is 199 Å². The molecule has 1 fully saturated rings. The first-order valence-corrected chi connectivity index (χ1v) is 22.1. The van der Waals surface area contributed by atoms with E-state index in [2.05, 4.69) is 37.4 Å². The van der Waals surface area contributed by atoms with E-state index < -0.39 is 51.8 Å². The average Bonchev–Trinajstić information content (AvgIpc) is 3.87. The Hall–Kier alpha value is -1.33. The summed E-state index contributed by atoms with van der Waals surface area (Å²) in [7, 11) is -4.62. The fraction of sp³-hybridized carbons (Fsp3) is 0.900. The fourth-order valence-corrected chi connectivity index (χ4v) is 6.74. The van der Waals surface area contributed by atoms with Crippen molar-refractivity contribution in [2.24, 2.45) is 5.92 Å². The van der Waals surface area contributed by atoms with Gasteiger partial charge >= 0.3 is 19.8 Å². The normalized spacial score (nSPS) is 18.1. The Morgan fingerprint density at radius 1 is 0.731 bits per heavy atom. The number of hydrogen-bond donors (Lipinski definition) is 3. The van der Waals surface area contributed by atoms with Crippen LogP contribution >= 0.6 is 7.82 Å². The van der Waals surface area contributed by atoms with Crippen LogP contribution in [0.2, 0.25) is 0 Å². The zero-order valence-electron chi connectivity index (χ0n) is 32.9. The molecule has 3 N–H and O–H groups in total. The second-order valence-electron chi connectivity index (χ2n) is 14.9. The summed E-state index contributed by atoms with van der Waals surface area (Å²) in [6.07, 6.45) is 27.9. The molecule has 5 atom stereocenters. The molecule has 3 unspecified atom stereocenters. The molecule has 0 aromatic carbocycles. The Kier molecular flexibility index (Phi) is 29.9. The molecule has 0 radical (unpaired) electrons. The van der Waals surface area contributed by atoms with Gasteiger partial charge in [0, 0.05) is 12.8 Å². The van der Waals surface area contributed by atoms with Crippen molar-refractivity contribution in [1.82, 2.24) is 0 Å². The number of unbranched alkanes of at least 4 members (excludes halogenated alkanes) is 16. The summed E-state index contributed by atoms with van der Waals surface area (Å²) >= 11 is 0. The van der Waals surface area contributed by atoms with Gasteiger partial charge in [-0.25, -0.2) is 4.57 Å². The number of hydrogen-bond acceptors (Lipinski definition) is 10. The van der Waals surface area contributed by atoms with Crippen molar-refractivity contribution in [1.29, 1.82) is 0 Å². The number of carbonyl (C=O) groups excluding carboxylic acids is 2. The third kappa shape index (κ3) is 30.0. The molecule has 52 heavy (non-hydrogen) atoms. The van der Waals surface area contributed by atoms with Gasteiger partial charge in [-0.05, 0) is 44.4 Å². The smallest absolute Gasteiger partial charge is 0.462 e. The molecule has 0 aromatic rings. The van der Waals surface area contributed by atoms with Crippen LogP contribution in [-0.4, -0.2) is 77.9 Å². The van der Waals surface area contributed by atoms with Crippen LogP contribution in [0.15, 0.2) is 12.2 Å². The number of phosphoric acid groups is 1. The first-order valence-electron chi connectivity index (χ1n) is 20.6. The molecule has 0 aliphatic carbocycles. The Bertz CT molecular complexity index is 960. The number of carbonyl (C=O) groups is 2. The number of ether oxygens (including phenoxy) is 3. The predicted octanol–water partition coefficient (Wildman–Crippen LogP) is 9.29. The second kappa shape index (κ2) is 32.0. The first-order chi connectivity index (χ1) is 25.1. The number of rotatable bonds is 37. The van der Waals surface area contributed by atoms with Crippen LogP contribution in [0.5, 0.6) is 0 Å². The van der Waals surface area contributed by atoms with Crippen LogP contribution in [0.4, 0.5) is 0 Å². The number of epoxide rings is 1.